The van der Waals surface area contributed by atoms with Gasteiger partial charge in [0, 0.05) is 13.3 Å². The van der Waals surface area contributed by atoms with Gasteiger partial charge in [0.15, 0.2) is 5.75 Å². The number of benzene rings is 2. The normalized spacial score (nSPS) is 11.0. The Hall–Kier alpha value is -3.38. The van der Waals surface area contributed by atoms with E-state index in [0.29, 0.717) is 19.0 Å². The van der Waals surface area contributed by atoms with Crippen LogP contribution in [-0.4, -0.2) is 31.4 Å². The van der Waals surface area contributed by atoms with Gasteiger partial charge in [-0.2, -0.15) is 0 Å². The predicted molar refractivity (Wildman–Crippen MR) is 116 cm³/mol. The summed E-state index contributed by atoms with van der Waals surface area (Å²) in [6, 6.07) is 19.4. The van der Waals surface area contributed by atoms with E-state index >= 15 is 0 Å². The van der Waals surface area contributed by atoms with E-state index in [4.69, 9.17) is 14.2 Å². The van der Waals surface area contributed by atoms with Crippen molar-refractivity contribution in [3.05, 3.63) is 78.6 Å². The number of ether oxygens (including phenoxy) is 3. The molecule has 0 unspecified atom stereocenters. The van der Waals surface area contributed by atoms with E-state index in [0.717, 1.165) is 22.4 Å². The van der Waals surface area contributed by atoms with Crippen molar-refractivity contribution in [3.63, 3.8) is 0 Å². The smallest absolute Gasteiger partial charge is 0.413 e. The molecule has 30 heavy (non-hydrogen) atoms. The Labute approximate surface area is 176 Å². The number of pyridine rings is 1. The Kier molecular flexibility index (Phi) is 7.03. The Morgan fingerprint density at radius 1 is 0.933 bits per heavy atom. The van der Waals surface area contributed by atoms with Crippen LogP contribution < -0.4 is 14.8 Å². The van der Waals surface area contributed by atoms with Gasteiger partial charge in [0.1, 0.15) is 12.4 Å². The zero-order valence-electron chi connectivity index (χ0n) is 17.4. The van der Waals surface area contributed by atoms with Crippen LogP contribution in [-0.2, 0) is 10.3 Å². The highest BCUT2D eigenvalue weighted by Gasteiger charge is 2.24. The van der Waals surface area contributed by atoms with E-state index < -0.39 is 11.6 Å². The number of methoxy groups -OCH3 is 1. The summed E-state index contributed by atoms with van der Waals surface area (Å²) in [5.41, 5.74) is 2.53. The van der Waals surface area contributed by atoms with E-state index in [9.17, 15) is 4.79 Å². The molecule has 2 aromatic carbocycles. The van der Waals surface area contributed by atoms with E-state index in [1.165, 1.54) is 6.20 Å². The van der Waals surface area contributed by atoms with E-state index in [1.54, 1.807) is 25.4 Å². The Morgan fingerprint density at radius 3 is 2.20 bits per heavy atom. The van der Waals surface area contributed by atoms with Crippen molar-refractivity contribution in [3.8, 4) is 22.6 Å². The molecule has 0 aliphatic carbocycles. The second-order valence-corrected chi connectivity index (χ2v) is 7.27. The van der Waals surface area contributed by atoms with Gasteiger partial charge in [0.05, 0.1) is 18.3 Å². The molecule has 0 fully saturated rings. The van der Waals surface area contributed by atoms with Crippen LogP contribution >= 0.6 is 0 Å². The van der Waals surface area contributed by atoms with Crippen LogP contribution in [0.15, 0.2) is 73.1 Å². The number of rotatable bonds is 8. The summed E-state index contributed by atoms with van der Waals surface area (Å²) >= 11 is 0. The fourth-order valence-corrected chi connectivity index (χ4v) is 2.93. The van der Waals surface area contributed by atoms with E-state index in [-0.39, 0.29) is 0 Å². The lowest BCUT2D eigenvalue weighted by Crippen LogP contribution is -2.42. The lowest BCUT2D eigenvalue weighted by Gasteiger charge is -2.26. The van der Waals surface area contributed by atoms with Crippen molar-refractivity contribution in [1.29, 1.82) is 0 Å². The molecule has 156 valence electrons. The first-order valence-corrected chi connectivity index (χ1v) is 9.71. The number of amides is 1. The number of aromatic nitrogens is 1. The summed E-state index contributed by atoms with van der Waals surface area (Å²) in [4.78, 5) is 16.2. The standard InChI is InChI=1S/C24H26N2O4/c1-24(2,26-23(27)30-22-5-4-14-25-17-22)20-10-6-18(7-11-20)19-8-12-21(13-9-19)29-16-15-28-3/h4-14,17H,15-16H2,1-3H3,(H,26,27). The highest BCUT2D eigenvalue weighted by Crippen LogP contribution is 2.26. The van der Waals surface area contributed by atoms with Gasteiger partial charge in [-0.3, -0.25) is 4.98 Å². The summed E-state index contributed by atoms with van der Waals surface area (Å²) in [5.74, 6) is 1.21. The van der Waals surface area contributed by atoms with Crippen LogP contribution in [0, 0.1) is 0 Å². The monoisotopic (exact) mass is 406 g/mol. The molecule has 0 bridgehead atoms. The molecule has 0 spiro atoms. The molecule has 3 aromatic rings. The number of carbonyl (C=O) groups excluding carboxylic acids is 1. The van der Waals surface area contributed by atoms with Crippen LogP contribution in [0.2, 0.25) is 0 Å². The predicted octanol–water partition coefficient (Wildman–Crippen LogP) is 4.80. The third-order valence-electron chi connectivity index (χ3n) is 4.61. The molecule has 1 N–H and O–H groups in total. The van der Waals surface area contributed by atoms with Crippen LogP contribution in [0.1, 0.15) is 19.4 Å². The van der Waals surface area contributed by atoms with Gasteiger partial charge in [-0.1, -0.05) is 36.4 Å². The molecule has 0 atom stereocenters. The van der Waals surface area contributed by atoms with E-state index in [2.05, 4.69) is 10.3 Å². The number of carbonyl (C=O) groups is 1. The Bertz CT molecular complexity index is 939. The molecule has 6 heteroatoms. The zero-order valence-corrected chi connectivity index (χ0v) is 17.4. The van der Waals surface area contributed by atoms with Gasteiger partial charge in [-0.25, -0.2) is 4.79 Å². The first-order valence-electron chi connectivity index (χ1n) is 9.71. The van der Waals surface area contributed by atoms with Gasteiger partial charge in [-0.05, 0) is 54.8 Å². The number of hydrogen-bond acceptors (Lipinski definition) is 5. The third kappa shape index (κ3) is 5.81. The van der Waals surface area contributed by atoms with Crippen molar-refractivity contribution in [2.24, 2.45) is 0 Å². The fourth-order valence-electron chi connectivity index (χ4n) is 2.93. The molecular formula is C24H26N2O4. The van der Waals surface area contributed by atoms with Gasteiger partial charge in [-0.15, -0.1) is 0 Å². The average Bonchev–Trinajstić information content (AvgIpc) is 2.75. The lowest BCUT2D eigenvalue weighted by atomic mass is 9.92. The van der Waals surface area contributed by atoms with Crippen molar-refractivity contribution in [1.82, 2.24) is 10.3 Å². The number of nitrogens with one attached hydrogen (secondary N) is 1. The van der Waals surface area contributed by atoms with Crippen molar-refractivity contribution in [2.75, 3.05) is 20.3 Å². The zero-order chi connectivity index (χ0) is 21.4. The topological polar surface area (TPSA) is 69.7 Å². The average molecular weight is 406 g/mol. The molecule has 0 radical (unpaired) electrons. The first-order chi connectivity index (χ1) is 14.5. The number of hydrogen-bond donors (Lipinski definition) is 1. The van der Waals surface area contributed by atoms with Crippen LogP contribution in [0.25, 0.3) is 11.1 Å². The maximum atomic E-state index is 12.2. The summed E-state index contributed by atoms with van der Waals surface area (Å²) in [7, 11) is 1.65. The SMILES string of the molecule is COCCOc1ccc(-c2ccc(C(C)(C)NC(=O)Oc3cccnc3)cc2)cc1. The molecule has 6 nitrogen and oxygen atoms in total. The van der Waals surface area contributed by atoms with E-state index in [1.807, 2.05) is 62.4 Å². The Morgan fingerprint density at radius 2 is 1.60 bits per heavy atom. The maximum absolute atomic E-state index is 12.2. The largest absolute Gasteiger partial charge is 0.491 e. The molecule has 1 amide bonds. The lowest BCUT2D eigenvalue weighted by molar-refractivity contribution is 0.146. The fraction of sp³-hybridized carbons (Fsp3) is 0.250. The van der Waals surface area contributed by atoms with Crippen molar-refractivity contribution >= 4 is 6.09 Å². The Balaban J connectivity index is 1.63. The maximum Gasteiger partial charge on any atom is 0.413 e. The van der Waals surface area contributed by atoms with Crippen molar-refractivity contribution in [2.45, 2.75) is 19.4 Å². The second-order valence-electron chi connectivity index (χ2n) is 7.27. The minimum absolute atomic E-state index is 0.399. The molecule has 1 heterocycles. The summed E-state index contributed by atoms with van der Waals surface area (Å²) in [5, 5.41) is 2.90. The molecule has 3 rings (SSSR count). The van der Waals surface area contributed by atoms with Crippen LogP contribution in [0.3, 0.4) is 0 Å². The van der Waals surface area contributed by atoms with Crippen molar-refractivity contribution < 1.29 is 19.0 Å². The highest BCUT2D eigenvalue weighted by molar-refractivity contribution is 5.71. The summed E-state index contributed by atoms with van der Waals surface area (Å²) in [6.45, 7) is 4.94. The first kappa shape index (κ1) is 21.3. The third-order valence-corrected chi connectivity index (χ3v) is 4.61. The van der Waals surface area contributed by atoms with Crippen LogP contribution in [0.4, 0.5) is 4.79 Å². The quantitative estimate of drug-likeness (QED) is 0.544. The van der Waals surface area contributed by atoms with Gasteiger partial charge in [0.2, 0.25) is 0 Å². The molecule has 0 saturated heterocycles. The molecular weight excluding hydrogens is 380 g/mol. The minimum atomic E-state index is -0.600. The molecule has 0 aliphatic heterocycles. The summed E-state index contributed by atoms with van der Waals surface area (Å²) < 4.78 is 15.9. The second kappa shape index (κ2) is 9.89. The molecule has 0 saturated carbocycles. The molecule has 0 aliphatic rings. The minimum Gasteiger partial charge on any atom is -0.491 e. The van der Waals surface area contributed by atoms with Gasteiger partial charge >= 0.3 is 6.09 Å². The van der Waals surface area contributed by atoms with Crippen LogP contribution in [0.5, 0.6) is 11.5 Å². The van der Waals surface area contributed by atoms with Gasteiger partial charge in [0.25, 0.3) is 0 Å². The summed E-state index contributed by atoms with van der Waals surface area (Å²) in [6.07, 6.45) is 2.59. The van der Waals surface area contributed by atoms with Gasteiger partial charge < -0.3 is 19.5 Å². The number of nitrogens with zero attached hydrogens (tertiary/aromatic N) is 1. The highest BCUT2D eigenvalue weighted by atomic mass is 16.6. The molecule has 1 aromatic heterocycles.